The first kappa shape index (κ1) is 14.7. The first-order valence-electron chi connectivity index (χ1n) is 6.62. The number of nitrogens with one attached hydrogen (secondary N) is 1. The predicted octanol–water partition coefficient (Wildman–Crippen LogP) is 3.50. The Morgan fingerprint density at radius 2 is 2.16 bits per heavy atom. The summed E-state index contributed by atoms with van der Waals surface area (Å²) in [6, 6.07) is 5.66. The molecule has 1 atom stereocenters. The summed E-state index contributed by atoms with van der Waals surface area (Å²) in [5.41, 5.74) is 2.16. The number of nitrogens with zero attached hydrogens (tertiary/aromatic N) is 1. The summed E-state index contributed by atoms with van der Waals surface area (Å²) in [6.07, 6.45) is 0.876. The van der Waals surface area contributed by atoms with E-state index in [2.05, 4.69) is 32.7 Å². The Morgan fingerprint density at radius 1 is 1.47 bits per heavy atom. The molecule has 0 spiro atoms. The van der Waals surface area contributed by atoms with Gasteiger partial charge in [-0.15, -0.1) is 6.58 Å². The highest BCUT2D eigenvalue weighted by atomic mass is 79.9. The second-order valence-electron chi connectivity index (χ2n) is 5.14. The molecule has 1 aromatic rings. The average Bonchev–Trinajstić information content (AvgIpc) is 2.40. The Kier molecular flexibility index (Phi) is 5.13. The van der Waals surface area contributed by atoms with E-state index in [0.29, 0.717) is 4.47 Å². The first-order chi connectivity index (χ1) is 9.08. The van der Waals surface area contributed by atoms with Crippen LogP contribution in [0.5, 0.6) is 0 Å². The van der Waals surface area contributed by atoms with Crippen molar-refractivity contribution in [2.24, 2.45) is 0 Å². The van der Waals surface area contributed by atoms with Gasteiger partial charge < -0.3 is 5.32 Å². The van der Waals surface area contributed by atoms with Gasteiger partial charge >= 0.3 is 0 Å². The largest absolute Gasteiger partial charge is 0.314 e. The molecule has 0 saturated carbocycles. The van der Waals surface area contributed by atoms with Crippen LogP contribution in [0.1, 0.15) is 24.9 Å². The van der Waals surface area contributed by atoms with Gasteiger partial charge in [0.25, 0.3) is 0 Å². The molecule has 104 valence electrons. The van der Waals surface area contributed by atoms with Crippen molar-refractivity contribution in [2.45, 2.75) is 19.4 Å². The van der Waals surface area contributed by atoms with E-state index in [4.69, 9.17) is 0 Å². The fourth-order valence-electron chi connectivity index (χ4n) is 2.50. The summed E-state index contributed by atoms with van der Waals surface area (Å²) in [4.78, 5) is 2.41. The molecule has 1 heterocycles. The van der Waals surface area contributed by atoms with E-state index in [0.717, 1.165) is 43.7 Å². The zero-order valence-electron chi connectivity index (χ0n) is 11.3. The van der Waals surface area contributed by atoms with Crippen LogP contribution in [0.25, 0.3) is 0 Å². The van der Waals surface area contributed by atoms with Crippen molar-refractivity contribution >= 4 is 15.9 Å². The van der Waals surface area contributed by atoms with Crippen LogP contribution in [-0.2, 0) is 0 Å². The van der Waals surface area contributed by atoms with Crippen molar-refractivity contribution in [1.82, 2.24) is 10.2 Å². The lowest BCUT2D eigenvalue weighted by Crippen LogP contribution is -2.45. The summed E-state index contributed by atoms with van der Waals surface area (Å²) < 4.78 is 14.3. The highest BCUT2D eigenvalue weighted by Gasteiger charge is 2.22. The quantitative estimate of drug-likeness (QED) is 0.852. The lowest BCUT2D eigenvalue weighted by molar-refractivity contribution is 0.172. The Balaban J connectivity index is 2.24. The van der Waals surface area contributed by atoms with Gasteiger partial charge in [0, 0.05) is 32.2 Å². The van der Waals surface area contributed by atoms with Gasteiger partial charge in [-0.1, -0.05) is 11.6 Å². The van der Waals surface area contributed by atoms with E-state index in [9.17, 15) is 4.39 Å². The number of hydrogen-bond acceptors (Lipinski definition) is 2. The topological polar surface area (TPSA) is 15.3 Å². The molecule has 19 heavy (non-hydrogen) atoms. The van der Waals surface area contributed by atoms with Crippen molar-refractivity contribution < 1.29 is 4.39 Å². The van der Waals surface area contributed by atoms with Crippen LogP contribution < -0.4 is 5.32 Å². The molecule has 0 unspecified atom stereocenters. The molecule has 1 aliphatic heterocycles. The van der Waals surface area contributed by atoms with E-state index in [1.807, 2.05) is 13.0 Å². The average molecular weight is 327 g/mol. The van der Waals surface area contributed by atoms with Crippen molar-refractivity contribution in [3.8, 4) is 0 Å². The molecule has 2 rings (SSSR count). The maximum absolute atomic E-state index is 13.7. The molecule has 0 bridgehead atoms. The van der Waals surface area contributed by atoms with Gasteiger partial charge in [0.1, 0.15) is 5.82 Å². The smallest absolute Gasteiger partial charge is 0.137 e. The third-order valence-corrected chi connectivity index (χ3v) is 4.11. The molecule has 4 heteroatoms. The molecule has 0 radical (unpaired) electrons. The molecular formula is C15H20BrFN2. The lowest BCUT2D eigenvalue weighted by atomic mass is 9.98. The van der Waals surface area contributed by atoms with Crippen molar-refractivity contribution in [3.05, 3.63) is 46.2 Å². The van der Waals surface area contributed by atoms with E-state index in [1.54, 1.807) is 12.1 Å². The fourth-order valence-corrected chi connectivity index (χ4v) is 2.75. The number of hydrogen-bond donors (Lipinski definition) is 1. The number of halogens is 2. The highest BCUT2D eigenvalue weighted by molar-refractivity contribution is 9.10. The van der Waals surface area contributed by atoms with Crippen molar-refractivity contribution in [3.63, 3.8) is 0 Å². The summed E-state index contributed by atoms with van der Waals surface area (Å²) >= 11 is 3.21. The second-order valence-corrected chi connectivity index (χ2v) is 5.99. The van der Waals surface area contributed by atoms with Crippen molar-refractivity contribution in [1.29, 1.82) is 0 Å². The van der Waals surface area contributed by atoms with E-state index in [-0.39, 0.29) is 11.9 Å². The Hall–Kier alpha value is -0.710. The third kappa shape index (κ3) is 3.88. The van der Waals surface area contributed by atoms with E-state index >= 15 is 0 Å². The first-order valence-corrected chi connectivity index (χ1v) is 7.41. The molecule has 1 aliphatic rings. The zero-order chi connectivity index (χ0) is 13.8. The Morgan fingerprint density at radius 3 is 2.74 bits per heavy atom. The summed E-state index contributed by atoms with van der Waals surface area (Å²) in [5, 5.41) is 3.35. The molecule has 2 nitrogen and oxygen atoms in total. The highest BCUT2D eigenvalue weighted by Crippen LogP contribution is 2.29. The van der Waals surface area contributed by atoms with Crippen LogP contribution in [0.4, 0.5) is 4.39 Å². The molecule has 1 fully saturated rings. The SMILES string of the molecule is C=C(C)C[C@H](c1ccc(Br)c(F)c1)N1CCNCC1. The number of piperazine rings is 1. The predicted molar refractivity (Wildman–Crippen MR) is 80.7 cm³/mol. The fraction of sp³-hybridized carbons (Fsp3) is 0.467. The van der Waals surface area contributed by atoms with Crippen LogP contribution >= 0.6 is 15.9 Å². The van der Waals surface area contributed by atoms with Crippen LogP contribution in [-0.4, -0.2) is 31.1 Å². The minimum Gasteiger partial charge on any atom is -0.314 e. The number of rotatable bonds is 4. The van der Waals surface area contributed by atoms with Gasteiger partial charge in [-0.2, -0.15) is 0 Å². The minimum absolute atomic E-state index is 0.195. The normalized spacial score (nSPS) is 18.3. The van der Waals surface area contributed by atoms with Crippen molar-refractivity contribution in [2.75, 3.05) is 26.2 Å². The lowest BCUT2D eigenvalue weighted by Gasteiger charge is -2.35. The Labute approximate surface area is 122 Å². The summed E-state index contributed by atoms with van der Waals surface area (Å²) in [7, 11) is 0. The van der Waals surface area contributed by atoms with Gasteiger partial charge in [-0.3, -0.25) is 4.90 Å². The molecule has 0 aromatic heterocycles. The molecule has 1 saturated heterocycles. The molecular weight excluding hydrogens is 307 g/mol. The molecule has 1 N–H and O–H groups in total. The summed E-state index contributed by atoms with van der Waals surface area (Å²) in [6.45, 7) is 10.0. The van der Waals surface area contributed by atoms with Gasteiger partial charge in [-0.05, 0) is 47.0 Å². The van der Waals surface area contributed by atoms with Gasteiger partial charge in [0.05, 0.1) is 4.47 Å². The van der Waals surface area contributed by atoms with E-state index < -0.39 is 0 Å². The maximum Gasteiger partial charge on any atom is 0.137 e. The standard InChI is InChI=1S/C15H20BrFN2/c1-11(2)9-15(19-7-5-18-6-8-19)12-3-4-13(16)14(17)10-12/h3-4,10,15,18H,1,5-9H2,2H3/t15-/m1/s1. The zero-order valence-corrected chi connectivity index (χ0v) is 12.8. The maximum atomic E-state index is 13.7. The second kappa shape index (κ2) is 6.64. The number of benzene rings is 1. The van der Waals surface area contributed by atoms with Gasteiger partial charge in [-0.25, -0.2) is 4.39 Å². The van der Waals surface area contributed by atoms with E-state index in [1.165, 1.54) is 0 Å². The van der Waals surface area contributed by atoms with Crippen LogP contribution in [0.3, 0.4) is 0 Å². The van der Waals surface area contributed by atoms with Gasteiger partial charge in [0.2, 0.25) is 0 Å². The molecule has 0 aliphatic carbocycles. The monoisotopic (exact) mass is 326 g/mol. The van der Waals surface area contributed by atoms with Crippen LogP contribution in [0.2, 0.25) is 0 Å². The Bertz CT molecular complexity index is 455. The third-order valence-electron chi connectivity index (χ3n) is 3.46. The summed E-state index contributed by atoms with van der Waals surface area (Å²) in [5.74, 6) is -0.195. The van der Waals surface area contributed by atoms with Crippen LogP contribution in [0, 0.1) is 5.82 Å². The van der Waals surface area contributed by atoms with Gasteiger partial charge in [0.15, 0.2) is 0 Å². The molecule has 0 amide bonds. The molecule has 1 aromatic carbocycles. The van der Waals surface area contributed by atoms with Crippen LogP contribution in [0.15, 0.2) is 34.8 Å². The minimum atomic E-state index is -0.195.